The summed E-state index contributed by atoms with van der Waals surface area (Å²) >= 11 is 1.51. The first-order chi connectivity index (χ1) is 7.79. The molecule has 0 saturated heterocycles. The van der Waals surface area contributed by atoms with Crippen LogP contribution in [0.1, 0.15) is 5.56 Å². The van der Waals surface area contributed by atoms with E-state index in [1.807, 2.05) is 24.3 Å². The number of nitrogens with two attached hydrogens (primary N) is 1. The van der Waals surface area contributed by atoms with Crippen LogP contribution in [0.15, 0.2) is 52.5 Å². The minimum atomic E-state index is 0.501. The molecule has 0 radical (unpaired) electrons. The first kappa shape index (κ1) is 10.5. The van der Waals surface area contributed by atoms with Gasteiger partial charge in [-0.2, -0.15) is 5.26 Å². The minimum Gasteiger partial charge on any atom is -0.398 e. The Hall–Kier alpha value is -1.99. The lowest BCUT2D eigenvalue weighted by atomic mass is 10.2. The van der Waals surface area contributed by atoms with Gasteiger partial charge in [0.05, 0.1) is 5.56 Å². The summed E-state index contributed by atoms with van der Waals surface area (Å²) in [7, 11) is 0. The van der Waals surface area contributed by atoms with Gasteiger partial charge in [-0.1, -0.05) is 17.8 Å². The van der Waals surface area contributed by atoms with Crippen molar-refractivity contribution < 1.29 is 0 Å². The maximum absolute atomic E-state index is 8.85. The van der Waals surface area contributed by atoms with Crippen LogP contribution in [-0.4, -0.2) is 4.98 Å². The number of nitrogen functional groups attached to an aromatic ring is 1. The van der Waals surface area contributed by atoms with Crippen molar-refractivity contribution in [3.05, 3.63) is 48.2 Å². The lowest BCUT2D eigenvalue weighted by molar-refractivity contribution is 1.13. The van der Waals surface area contributed by atoms with Crippen molar-refractivity contribution >= 4 is 17.4 Å². The van der Waals surface area contributed by atoms with Gasteiger partial charge < -0.3 is 5.73 Å². The van der Waals surface area contributed by atoms with Gasteiger partial charge in [-0.3, -0.25) is 0 Å². The standard InChI is InChI=1S/C12H9N3S/c13-8-9-7-10(4-5-11(9)14)16-12-3-1-2-6-15-12/h1-7H,14H2. The van der Waals surface area contributed by atoms with Gasteiger partial charge in [0.25, 0.3) is 0 Å². The largest absolute Gasteiger partial charge is 0.398 e. The van der Waals surface area contributed by atoms with Crippen molar-refractivity contribution in [1.29, 1.82) is 5.26 Å². The fourth-order valence-corrected chi connectivity index (χ4v) is 2.04. The summed E-state index contributed by atoms with van der Waals surface area (Å²) in [5, 5.41) is 9.75. The van der Waals surface area contributed by atoms with Crippen LogP contribution in [0.2, 0.25) is 0 Å². The maximum atomic E-state index is 8.85. The van der Waals surface area contributed by atoms with Crippen molar-refractivity contribution in [3.63, 3.8) is 0 Å². The summed E-state index contributed by atoms with van der Waals surface area (Å²) in [6.45, 7) is 0. The van der Waals surface area contributed by atoms with E-state index in [1.54, 1.807) is 18.3 Å². The molecule has 0 amide bonds. The zero-order valence-corrected chi connectivity index (χ0v) is 9.24. The molecule has 1 heterocycles. The molecule has 0 aliphatic carbocycles. The van der Waals surface area contributed by atoms with E-state index in [1.165, 1.54) is 11.8 Å². The Labute approximate surface area is 97.9 Å². The van der Waals surface area contributed by atoms with Gasteiger partial charge in [0.15, 0.2) is 0 Å². The molecule has 1 aromatic heterocycles. The SMILES string of the molecule is N#Cc1cc(Sc2ccccn2)ccc1N. The Morgan fingerprint density at radius 2 is 2.12 bits per heavy atom. The third-order valence-corrected chi connectivity index (χ3v) is 2.95. The zero-order valence-electron chi connectivity index (χ0n) is 8.42. The Morgan fingerprint density at radius 1 is 1.25 bits per heavy atom. The second-order valence-corrected chi connectivity index (χ2v) is 4.22. The molecule has 1 aromatic carbocycles. The van der Waals surface area contributed by atoms with Crippen LogP contribution in [-0.2, 0) is 0 Å². The average molecular weight is 227 g/mol. The quantitative estimate of drug-likeness (QED) is 0.801. The molecule has 4 heteroatoms. The topological polar surface area (TPSA) is 62.7 Å². The van der Waals surface area contributed by atoms with Gasteiger partial charge >= 0.3 is 0 Å². The molecule has 0 saturated carbocycles. The number of anilines is 1. The molecule has 0 fully saturated rings. The number of pyridine rings is 1. The second-order valence-electron chi connectivity index (χ2n) is 3.13. The smallest absolute Gasteiger partial charge is 0.101 e. The van der Waals surface area contributed by atoms with E-state index in [2.05, 4.69) is 11.1 Å². The van der Waals surface area contributed by atoms with E-state index < -0.39 is 0 Å². The molecule has 78 valence electrons. The van der Waals surface area contributed by atoms with E-state index in [-0.39, 0.29) is 0 Å². The predicted octanol–water partition coefficient (Wildman–Crippen LogP) is 2.69. The normalized spacial score (nSPS) is 9.69. The molecule has 0 spiro atoms. The third-order valence-electron chi connectivity index (χ3n) is 2.01. The number of hydrogen-bond acceptors (Lipinski definition) is 4. The molecular weight excluding hydrogens is 218 g/mol. The number of hydrogen-bond donors (Lipinski definition) is 1. The first-order valence-electron chi connectivity index (χ1n) is 4.68. The van der Waals surface area contributed by atoms with E-state index in [0.717, 1.165) is 9.92 Å². The van der Waals surface area contributed by atoms with Crippen LogP contribution < -0.4 is 5.73 Å². The molecule has 2 aromatic rings. The Bertz CT molecular complexity index is 532. The van der Waals surface area contributed by atoms with E-state index in [0.29, 0.717) is 11.3 Å². The highest BCUT2D eigenvalue weighted by Gasteiger charge is 2.02. The van der Waals surface area contributed by atoms with Gasteiger partial charge in [0.2, 0.25) is 0 Å². The summed E-state index contributed by atoms with van der Waals surface area (Å²) in [6.07, 6.45) is 1.74. The van der Waals surface area contributed by atoms with E-state index in [9.17, 15) is 0 Å². The average Bonchev–Trinajstić information content (AvgIpc) is 2.33. The summed E-state index contributed by atoms with van der Waals surface area (Å²) in [5.41, 5.74) is 6.65. The summed E-state index contributed by atoms with van der Waals surface area (Å²) < 4.78 is 0. The Kier molecular flexibility index (Phi) is 3.08. The van der Waals surface area contributed by atoms with Crippen molar-refractivity contribution in [1.82, 2.24) is 4.98 Å². The fraction of sp³-hybridized carbons (Fsp3) is 0. The van der Waals surface area contributed by atoms with Crippen LogP contribution in [0, 0.1) is 11.3 Å². The second kappa shape index (κ2) is 4.69. The maximum Gasteiger partial charge on any atom is 0.101 e. The molecule has 0 aliphatic heterocycles. The highest BCUT2D eigenvalue weighted by molar-refractivity contribution is 7.99. The molecule has 0 bridgehead atoms. The van der Waals surface area contributed by atoms with Crippen LogP contribution in [0.4, 0.5) is 5.69 Å². The molecule has 3 nitrogen and oxygen atoms in total. The fourth-order valence-electron chi connectivity index (χ4n) is 1.22. The number of benzene rings is 1. The van der Waals surface area contributed by atoms with Crippen LogP contribution in [0.5, 0.6) is 0 Å². The first-order valence-corrected chi connectivity index (χ1v) is 5.50. The van der Waals surface area contributed by atoms with Crippen molar-refractivity contribution in [2.24, 2.45) is 0 Å². The van der Waals surface area contributed by atoms with E-state index >= 15 is 0 Å². The van der Waals surface area contributed by atoms with Crippen molar-refractivity contribution in [2.45, 2.75) is 9.92 Å². The minimum absolute atomic E-state index is 0.501. The molecule has 0 atom stereocenters. The van der Waals surface area contributed by atoms with Crippen LogP contribution >= 0.6 is 11.8 Å². The molecule has 0 unspecified atom stereocenters. The lowest BCUT2D eigenvalue weighted by Gasteiger charge is -2.02. The highest BCUT2D eigenvalue weighted by atomic mass is 32.2. The third kappa shape index (κ3) is 2.33. The van der Waals surface area contributed by atoms with E-state index in [4.69, 9.17) is 11.0 Å². The molecule has 2 rings (SSSR count). The van der Waals surface area contributed by atoms with Crippen LogP contribution in [0.3, 0.4) is 0 Å². The molecular formula is C12H9N3S. The van der Waals surface area contributed by atoms with Gasteiger partial charge in [0, 0.05) is 16.8 Å². The van der Waals surface area contributed by atoms with Gasteiger partial charge in [-0.25, -0.2) is 4.98 Å². The summed E-state index contributed by atoms with van der Waals surface area (Å²) in [5.74, 6) is 0. The Balaban J connectivity index is 2.27. The lowest BCUT2D eigenvalue weighted by Crippen LogP contribution is -1.89. The van der Waals surface area contributed by atoms with Crippen molar-refractivity contribution in [3.8, 4) is 6.07 Å². The van der Waals surface area contributed by atoms with Crippen LogP contribution in [0.25, 0.3) is 0 Å². The van der Waals surface area contributed by atoms with Gasteiger partial charge in [-0.05, 0) is 30.3 Å². The molecule has 0 aliphatic rings. The summed E-state index contributed by atoms with van der Waals surface area (Å²) in [6, 6.07) is 13.2. The highest BCUT2D eigenvalue weighted by Crippen LogP contribution is 2.27. The zero-order chi connectivity index (χ0) is 11.4. The van der Waals surface area contributed by atoms with Crippen molar-refractivity contribution in [2.75, 3.05) is 5.73 Å². The number of rotatable bonds is 2. The predicted molar refractivity (Wildman–Crippen MR) is 63.9 cm³/mol. The molecule has 2 N–H and O–H groups in total. The Morgan fingerprint density at radius 3 is 2.81 bits per heavy atom. The molecule has 16 heavy (non-hydrogen) atoms. The number of nitriles is 1. The van der Waals surface area contributed by atoms with Gasteiger partial charge in [0.1, 0.15) is 11.1 Å². The number of nitrogens with zero attached hydrogens (tertiary/aromatic N) is 2. The summed E-state index contributed by atoms with van der Waals surface area (Å²) in [4.78, 5) is 5.16. The van der Waals surface area contributed by atoms with Gasteiger partial charge in [-0.15, -0.1) is 0 Å². The monoisotopic (exact) mass is 227 g/mol. The number of aromatic nitrogens is 1.